The van der Waals surface area contributed by atoms with E-state index in [0.29, 0.717) is 31.6 Å². The maximum absolute atomic E-state index is 13.6. The smallest absolute Gasteiger partial charge is 0.223 e. The number of rotatable bonds is 8. The Kier molecular flexibility index (Phi) is 6.95. The van der Waals surface area contributed by atoms with E-state index in [2.05, 4.69) is 15.3 Å². The number of aliphatic hydroxyl groups excluding tert-OH is 1. The Balaban J connectivity index is 1.34. The maximum atomic E-state index is 13.6. The van der Waals surface area contributed by atoms with Crippen molar-refractivity contribution in [2.45, 2.75) is 31.9 Å². The number of nitrogens with one attached hydrogen (secondary N) is 1. The van der Waals surface area contributed by atoms with E-state index in [-0.39, 0.29) is 17.6 Å². The van der Waals surface area contributed by atoms with Crippen LogP contribution in [0.3, 0.4) is 0 Å². The SMILES string of the molecule is O=C(NCCc1ccccc1F)C1CCN(C[C@@H](O)Cn2cccn2)CC1. The van der Waals surface area contributed by atoms with Crippen molar-refractivity contribution in [3.63, 3.8) is 0 Å². The lowest BCUT2D eigenvalue weighted by Gasteiger charge is -2.32. The predicted octanol–water partition coefficient (Wildman–Crippen LogP) is 1.45. The molecule has 1 aliphatic rings. The third-order valence-corrected chi connectivity index (χ3v) is 5.04. The van der Waals surface area contributed by atoms with Crippen LogP contribution in [0.5, 0.6) is 0 Å². The van der Waals surface area contributed by atoms with E-state index in [9.17, 15) is 14.3 Å². The van der Waals surface area contributed by atoms with Crippen molar-refractivity contribution in [2.24, 2.45) is 5.92 Å². The zero-order valence-electron chi connectivity index (χ0n) is 15.4. The second kappa shape index (κ2) is 9.62. The van der Waals surface area contributed by atoms with Crippen LogP contribution in [0.15, 0.2) is 42.7 Å². The fraction of sp³-hybridized carbons (Fsp3) is 0.500. The minimum absolute atomic E-state index is 0.00914. The van der Waals surface area contributed by atoms with Crippen LogP contribution in [-0.4, -0.2) is 58.0 Å². The number of nitrogens with zero attached hydrogens (tertiary/aromatic N) is 3. The number of carbonyl (C=O) groups is 1. The molecule has 1 amide bonds. The summed E-state index contributed by atoms with van der Waals surface area (Å²) in [6.45, 7) is 3.09. The van der Waals surface area contributed by atoms with Crippen LogP contribution in [0, 0.1) is 11.7 Å². The van der Waals surface area contributed by atoms with Crippen molar-refractivity contribution in [3.05, 3.63) is 54.1 Å². The number of aromatic nitrogens is 2. The highest BCUT2D eigenvalue weighted by atomic mass is 19.1. The molecular weight excluding hydrogens is 347 g/mol. The molecule has 2 heterocycles. The van der Waals surface area contributed by atoms with Crippen molar-refractivity contribution in [1.29, 1.82) is 0 Å². The molecule has 3 rings (SSSR count). The maximum Gasteiger partial charge on any atom is 0.223 e. The van der Waals surface area contributed by atoms with Gasteiger partial charge in [-0.3, -0.25) is 9.48 Å². The van der Waals surface area contributed by atoms with Crippen molar-refractivity contribution in [3.8, 4) is 0 Å². The summed E-state index contributed by atoms with van der Waals surface area (Å²) in [5.41, 5.74) is 0.624. The first-order chi connectivity index (χ1) is 13.1. The summed E-state index contributed by atoms with van der Waals surface area (Å²) in [6, 6.07) is 8.49. The summed E-state index contributed by atoms with van der Waals surface area (Å²) in [5.74, 6) is -0.193. The number of aliphatic hydroxyl groups is 1. The largest absolute Gasteiger partial charge is 0.390 e. The average molecular weight is 374 g/mol. The highest BCUT2D eigenvalue weighted by molar-refractivity contribution is 5.78. The Morgan fingerprint density at radius 2 is 2.04 bits per heavy atom. The van der Waals surface area contributed by atoms with Gasteiger partial charge in [-0.2, -0.15) is 5.10 Å². The lowest BCUT2D eigenvalue weighted by Crippen LogP contribution is -2.44. The number of carbonyl (C=O) groups excluding carboxylic acids is 1. The number of amides is 1. The van der Waals surface area contributed by atoms with Crippen molar-refractivity contribution in [2.75, 3.05) is 26.2 Å². The monoisotopic (exact) mass is 374 g/mol. The molecule has 27 heavy (non-hydrogen) atoms. The fourth-order valence-corrected chi connectivity index (χ4v) is 3.52. The molecule has 0 saturated carbocycles. The minimum atomic E-state index is -0.476. The number of hydrogen-bond donors (Lipinski definition) is 2. The Labute approximate surface area is 159 Å². The minimum Gasteiger partial charge on any atom is -0.390 e. The zero-order valence-corrected chi connectivity index (χ0v) is 15.4. The van der Waals surface area contributed by atoms with E-state index in [1.807, 2.05) is 12.3 Å². The number of halogens is 1. The molecule has 1 aliphatic heterocycles. The Morgan fingerprint density at radius 1 is 1.26 bits per heavy atom. The molecule has 6 nitrogen and oxygen atoms in total. The summed E-state index contributed by atoms with van der Waals surface area (Å²) < 4.78 is 15.3. The Bertz CT molecular complexity index is 715. The van der Waals surface area contributed by atoms with Gasteiger partial charge in [-0.1, -0.05) is 18.2 Å². The van der Waals surface area contributed by atoms with Crippen molar-refractivity contribution >= 4 is 5.91 Å². The summed E-state index contributed by atoms with van der Waals surface area (Å²) >= 11 is 0. The number of likely N-dealkylation sites (tertiary alicyclic amines) is 1. The van der Waals surface area contributed by atoms with Crippen LogP contribution in [0.1, 0.15) is 18.4 Å². The molecule has 0 bridgehead atoms. The van der Waals surface area contributed by atoms with Crippen LogP contribution in [0.2, 0.25) is 0 Å². The normalized spacial score (nSPS) is 17.0. The third kappa shape index (κ3) is 5.87. The van der Waals surface area contributed by atoms with Crippen LogP contribution in [-0.2, 0) is 17.8 Å². The topological polar surface area (TPSA) is 70.4 Å². The summed E-state index contributed by atoms with van der Waals surface area (Å²) in [7, 11) is 0. The van der Waals surface area contributed by atoms with Gasteiger partial charge in [0.25, 0.3) is 0 Å². The van der Waals surface area contributed by atoms with E-state index >= 15 is 0 Å². The molecule has 1 aromatic heterocycles. The molecule has 0 aliphatic carbocycles. The highest BCUT2D eigenvalue weighted by Crippen LogP contribution is 2.18. The summed E-state index contributed by atoms with van der Waals surface area (Å²) in [4.78, 5) is 14.5. The van der Waals surface area contributed by atoms with E-state index < -0.39 is 6.10 Å². The van der Waals surface area contributed by atoms with Gasteiger partial charge in [-0.05, 0) is 50.0 Å². The highest BCUT2D eigenvalue weighted by Gasteiger charge is 2.25. The molecule has 1 saturated heterocycles. The number of hydrogen-bond acceptors (Lipinski definition) is 4. The quantitative estimate of drug-likeness (QED) is 0.734. The Hall–Kier alpha value is -2.25. The van der Waals surface area contributed by atoms with Gasteiger partial charge in [-0.15, -0.1) is 0 Å². The van der Waals surface area contributed by atoms with Gasteiger partial charge in [0, 0.05) is 31.4 Å². The zero-order chi connectivity index (χ0) is 19.1. The predicted molar refractivity (Wildman–Crippen MR) is 101 cm³/mol. The van der Waals surface area contributed by atoms with E-state index in [0.717, 1.165) is 25.9 Å². The van der Waals surface area contributed by atoms with Gasteiger partial charge in [0.1, 0.15) is 5.82 Å². The van der Waals surface area contributed by atoms with Gasteiger partial charge in [-0.25, -0.2) is 4.39 Å². The van der Waals surface area contributed by atoms with Gasteiger partial charge < -0.3 is 15.3 Å². The molecule has 2 N–H and O–H groups in total. The molecular formula is C20H27FN4O2. The van der Waals surface area contributed by atoms with Gasteiger partial charge in [0.15, 0.2) is 0 Å². The summed E-state index contributed by atoms with van der Waals surface area (Å²) in [6.07, 6.45) is 5.11. The van der Waals surface area contributed by atoms with E-state index in [1.54, 1.807) is 29.1 Å². The average Bonchev–Trinajstić information content (AvgIpc) is 3.16. The second-order valence-corrected chi connectivity index (χ2v) is 7.09. The number of β-amino-alcohol motifs (C(OH)–C–C–N with tert-alkyl or cyclic N) is 1. The van der Waals surface area contributed by atoms with Gasteiger partial charge in [0.05, 0.1) is 12.6 Å². The number of benzene rings is 1. The first-order valence-corrected chi connectivity index (χ1v) is 9.51. The molecule has 2 aromatic rings. The molecule has 146 valence electrons. The van der Waals surface area contributed by atoms with Crippen LogP contribution in [0.25, 0.3) is 0 Å². The lowest BCUT2D eigenvalue weighted by molar-refractivity contribution is -0.126. The van der Waals surface area contributed by atoms with Gasteiger partial charge >= 0.3 is 0 Å². The third-order valence-electron chi connectivity index (χ3n) is 5.04. The second-order valence-electron chi connectivity index (χ2n) is 7.09. The van der Waals surface area contributed by atoms with E-state index in [4.69, 9.17) is 0 Å². The van der Waals surface area contributed by atoms with Crippen molar-refractivity contribution < 1.29 is 14.3 Å². The Morgan fingerprint density at radius 3 is 2.74 bits per heavy atom. The van der Waals surface area contributed by atoms with Crippen LogP contribution < -0.4 is 5.32 Å². The lowest BCUT2D eigenvalue weighted by atomic mass is 9.95. The molecule has 7 heteroatoms. The molecule has 0 radical (unpaired) electrons. The first kappa shape index (κ1) is 19.5. The molecule has 1 fully saturated rings. The standard InChI is InChI=1S/C20H27FN4O2/c21-19-5-2-1-4-16(19)6-10-22-20(27)17-7-12-24(13-8-17)14-18(26)15-25-11-3-9-23-25/h1-5,9,11,17-18,26H,6-8,10,12-15H2,(H,22,27)/t18-/m1/s1. The van der Waals surface area contributed by atoms with Crippen LogP contribution >= 0.6 is 0 Å². The van der Waals surface area contributed by atoms with E-state index in [1.165, 1.54) is 6.07 Å². The van der Waals surface area contributed by atoms with Crippen LogP contribution in [0.4, 0.5) is 4.39 Å². The number of piperidine rings is 1. The molecule has 1 atom stereocenters. The first-order valence-electron chi connectivity index (χ1n) is 9.51. The van der Waals surface area contributed by atoms with Gasteiger partial charge in [0.2, 0.25) is 5.91 Å². The summed E-state index contributed by atoms with van der Waals surface area (Å²) in [5, 5.41) is 17.2. The van der Waals surface area contributed by atoms with Crippen molar-refractivity contribution in [1.82, 2.24) is 20.0 Å². The molecule has 0 unspecified atom stereocenters. The molecule has 1 aromatic carbocycles. The fourth-order valence-electron chi connectivity index (χ4n) is 3.52. The molecule has 0 spiro atoms.